The van der Waals surface area contributed by atoms with Gasteiger partial charge < -0.3 is 4.74 Å². The summed E-state index contributed by atoms with van der Waals surface area (Å²) in [7, 11) is 0. The van der Waals surface area contributed by atoms with Gasteiger partial charge in [0.2, 0.25) is 0 Å². The zero-order chi connectivity index (χ0) is 8.97. The minimum atomic E-state index is -0.223. The molecule has 1 aliphatic heterocycles. The Bertz CT molecular complexity index is 224. The van der Waals surface area contributed by atoms with Gasteiger partial charge in [-0.3, -0.25) is 0 Å². The van der Waals surface area contributed by atoms with Crippen LogP contribution in [0.5, 0.6) is 0 Å². The second-order valence-corrected chi connectivity index (χ2v) is 3.36. The van der Waals surface area contributed by atoms with E-state index in [0.29, 0.717) is 12.5 Å². The van der Waals surface area contributed by atoms with E-state index in [9.17, 15) is 4.79 Å². The van der Waals surface area contributed by atoms with Gasteiger partial charge in [0, 0.05) is 6.08 Å². The van der Waals surface area contributed by atoms with Crippen LogP contribution in [0.25, 0.3) is 0 Å². The van der Waals surface area contributed by atoms with Crippen molar-refractivity contribution in [2.75, 3.05) is 6.61 Å². The number of rotatable bonds is 3. The molecule has 0 aromatic rings. The first kappa shape index (κ1) is 9.04. The molecule has 0 aliphatic carbocycles. The summed E-state index contributed by atoms with van der Waals surface area (Å²) in [6.45, 7) is 4.76. The van der Waals surface area contributed by atoms with Crippen molar-refractivity contribution in [1.29, 1.82) is 0 Å². The van der Waals surface area contributed by atoms with Crippen LogP contribution in [0.2, 0.25) is 0 Å². The molecule has 0 unspecified atom stereocenters. The predicted octanol–water partition coefficient (Wildman–Crippen LogP) is 2.07. The van der Waals surface area contributed by atoms with E-state index in [-0.39, 0.29) is 5.97 Å². The fourth-order valence-electron chi connectivity index (χ4n) is 0.977. The number of hydrogen-bond acceptors (Lipinski definition) is 2. The first-order chi connectivity index (χ1) is 5.68. The smallest absolute Gasteiger partial charge is 0.331 e. The van der Waals surface area contributed by atoms with Gasteiger partial charge in [0.05, 0.1) is 0 Å². The lowest BCUT2D eigenvalue weighted by Crippen LogP contribution is -1.90. The number of allylic oxidation sites excluding steroid dienone is 1. The number of ether oxygens (including phenoxy) is 1. The quantitative estimate of drug-likeness (QED) is 0.600. The van der Waals surface area contributed by atoms with Gasteiger partial charge in [0.15, 0.2) is 0 Å². The monoisotopic (exact) mass is 166 g/mol. The van der Waals surface area contributed by atoms with Gasteiger partial charge in [-0.25, -0.2) is 4.79 Å². The normalized spacial score (nSPS) is 17.2. The van der Waals surface area contributed by atoms with Crippen molar-refractivity contribution in [3.63, 3.8) is 0 Å². The fraction of sp³-hybridized carbons (Fsp3) is 0.500. The Kier molecular flexibility index (Phi) is 3.09. The Labute approximate surface area is 72.9 Å². The Morgan fingerprint density at radius 2 is 2.42 bits per heavy atom. The molecule has 1 heterocycles. The van der Waals surface area contributed by atoms with E-state index in [1.807, 2.05) is 6.08 Å². The Balaban J connectivity index is 2.36. The van der Waals surface area contributed by atoms with E-state index in [0.717, 1.165) is 12.0 Å². The van der Waals surface area contributed by atoms with Crippen molar-refractivity contribution in [2.24, 2.45) is 5.92 Å². The third-order valence-corrected chi connectivity index (χ3v) is 1.62. The van der Waals surface area contributed by atoms with E-state index in [1.54, 1.807) is 0 Å². The first-order valence-electron chi connectivity index (χ1n) is 4.22. The Hall–Kier alpha value is -1.05. The van der Waals surface area contributed by atoms with Gasteiger partial charge in [-0.1, -0.05) is 26.0 Å². The van der Waals surface area contributed by atoms with Gasteiger partial charge in [0.25, 0.3) is 0 Å². The molecule has 0 saturated carbocycles. The van der Waals surface area contributed by atoms with Gasteiger partial charge in [-0.15, -0.1) is 0 Å². The third-order valence-electron chi connectivity index (χ3n) is 1.62. The summed E-state index contributed by atoms with van der Waals surface area (Å²) in [6, 6.07) is 0. The van der Waals surface area contributed by atoms with Crippen molar-refractivity contribution in [3.8, 4) is 0 Å². The molecule has 1 rings (SSSR count). The van der Waals surface area contributed by atoms with E-state index in [2.05, 4.69) is 19.9 Å². The molecule has 0 radical (unpaired) electrons. The molecule has 0 atom stereocenters. The van der Waals surface area contributed by atoms with Crippen LogP contribution >= 0.6 is 0 Å². The molecule has 2 nitrogen and oxygen atoms in total. The zero-order valence-corrected chi connectivity index (χ0v) is 7.54. The summed E-state index contributed by atoms with van der Waals surface area (Å²) in [5, 5.41) is 0. The molecule has 0 saturated heterocycles. The van der Waals surface area contributed by atoms with Crippen molar-refractivity contribution >= 4 is 5.97 Å². The van der Waals surface area contributed by atoms with Gasteiger partial charge in [-0.2, -0.15) is 0 Å². The minimum Gasteiger partial charge on any atom is -0.458 e. The van der Waals surface area contributed by atoms with Crippen LogP contribution in [0.4, 0.5) is 0 Å². The van der Waals surface area contributed by atoms with Crippen molar-refractivity contribution in [1.82, 2.24) is 0 Å². The lowest BCUT2D eigenvalue weighted by molar-refractivity contribution is -0.134. The minimum absolute atomic E-state index is 0.223. The number of hydrogen-bond donors (Lipinski definition) is 0. The lowest BCUT2D eigenvalue weighted by Gasteiger charge is -1.96. The van der Waals surface area contributed by atoms with Crippen LogP contribution < -0.4 is 0 Å². The highest BCUT2D eigenvalue weighted by Gasteiger charge is 2.09. The molecule has 1 aliphatic rings. The van der Waals surface area contributed by atoms with E-state index in [1.165, 1.54) is 6.08 Å². The molecule has 12 heavy (non-hydrogen) atoms. The molecule has 0 aromatic carbocycles. The van der Waals surface area contributed by atoms with Crippen LogP contribution in [-0.4, -0.2) is 12.6 Å². The molecule has 0 spiro atoms. The third kappa shape index (κ3) is 2.91. The van der Waals surface area contributed by atoms with Crippen LogP contribution in [0.1, 0.15) is 20.3 Å². The highest BCUT2D eigenvalue weighted by molar-refractivity contribution is 5.85. The SMILES string of the molecule is CC(C)C/C=C/C1=CC(=O)OC1. The molecular formula is C10H14O2. The van der Waals surface area contributed by atoms with Gasteiger partial charge >= 0.3 is 5.97 Å². The average Bonchev–Trinajstić information content (AvgIpc) is 2.35. The molecular weight excluding hydrogens is 152 g/mol. The topological polar surface area (TPSA) is 26.3 Å². The second-order valence-electron chi connectivity index (χ2n) is 3.36. The Morgan fingerprint density at radius 1 is 1.67 bits per heavy atom. The lowest BCUT2D eigenvalue weighted by atomic mass is 10.1. The van der Waals surface area contributed by atoms with Crippen molar-refractivity contribution in [3.05, 3.63) is 23.8 Å². The van der Waals surface area contributed by atoms with Gasteiger partial charge in [0.1, 0.15) is 6.61 Å². The summed E-state index contributed by atoms with van der Waals surface area (Å²) in [5.74, 6) is 0.444. The summed E-state index contributed by atoms with van der Waals surface area (Å²) in [5.41, 5.74) is 0.973. The highest BCUT2D eigenvalue weighted by Crippen LogP contribution is 2.09. The molecule has 0 aromatic heterocycles. The second kappa shape index (κ2) is 4.10. The molecule has 0 bridgehead atoms. The summed E-state index contributed by atoms with van der Waals surface area (Å²) in [6.07, 6.45) is 6.63. The molecule has 66 valence electrons. The van der Waals surface area contributed by atoms with Crippen LogP contribution in [0.3, 0.4) is 0 Å². The van der Waals surface area contributed by atoms with Gasteiger partial charge in [-0.05, 0) is 17.9 Å². The van der Waals surface area contributed by atoms with E-state index >= 15 is 0 Å². The molecule has 0 amide bonds. The highest BCUT2D eigenvalue weighted by atomic mass is 16.5. The van der Waals surface area contributed by atoms with Crippen molar-refractivity contribution < 1.29 is 9.53 Å². The first-order valence-corrected chi connectivity index (χ1v) is 4.22. The summed E-state index contributed by atoms with van der Waals surface area (Å²) < 4.78 is 4.74. The molecule has 2 heteroatoms. The van der Waals surface area contributed by atoms with E-state index in [4.69, 9.17) is 4.74 Å². The maximum Gasteiger partial charge on any atom is 0.331 e. The number of carbonyl (C=O) groups is 1. The predicted molar refractivity (Wildman–Crippen MR) is 47.6 cm³/mol. The van der Waals surface area contributed by atoms with Crippen LogP contribution in [-0.2, 0) is 9.53 Å². The summed E-state index contributed by atoms with van der Waals surface area (Å²) in [4.78, 5) is 10.6. The largest absolute Gasteiger partial charge is 0.458 e. The van der Waals surface area contributed by atoms with Crippen LogP contribution in [0, 0.1) is 5.92 Å². The molecule has 0 fully saturated rings. The maximum atomic E-state index is 10.6. The standard InChI is InChI=1S/C10H14O2/c1-8(2)4-3-5-9-6-10(11)12-7-9/h3,5-6,8H,4,7H2,1-2H3/b5-3+. The fourth-order valence-corrected chi connectivity index (χ4v) is 0.977. The average molecular weight is 166 g/mol. The zero-order valence-electron chi connectivity index (χ0n) is 7.54. The number of carbonyl (C=O) groups excluding carboxylic acids is 1. The van der Waals surface area contributed by atoms with Crippen LogP contribution in [0.15, 0.2) is 23.8 Å². The van der Waals surface area contributed by atoms with Crippen molar-refractivity contribution in [2.45, 2.75) is 20.3 Å². The maximum absolute atomic E-state index is 10.6. The number of cyclic esters (lactones) is 1. The number of esters is 1. The summed E-state index contributed by atoms with van der Waals surface area (Å²) >= 11 is 0. The van der Waals surface area contributed by atoms with E-state index < -0.39 is 0 Å². The molecule has 0 N–H and O–H groups in total. The Morgan fingerprint density at radius 3 is 2.92 bits per heavy atom.